The number of carbonyl (C=O) groups excluding carboxylic acids is 1. The summed E-state index contributed by atoms with van der Waals surface area (Å²) in [6.07, 6.45) is -3.68. The molecule has 0 unspecified atom stereocenters. The SMILES string of the molecule is O=C(Cc1ccc(NS(=O)(=O)c2ccc(F)cc2)cc1)NCCNc1ccc(C(F)(F)F)cn1. The van der Waals surface area contributed by atoms with Crippen LogP contribution in [-0.2, 0) is 27.4 Å². The Morgan fingerprint density at radius 1 is 0.912 bits per heavy atom. The molecule has 3 N–H and O–H groups in total. The Labute approximate surface area is 193 Å². The second-order valence-corrected chi connectivity index (χ2v) is 8.82. The molecular formula is C22H20F4N4O3S. The van der Waals surface area contributed by atoms with Crippen molar-refractivity contribution < 1.29 is 30.8 Å². The van der Waals surface area contributed by atoms with Gasteiger partial charge in [0.05, 0.1) is 16.9 Å². The van der Waals surface area contributed by atoms with E-state index < -0.39 is 27.6 Å². The monoisotopic (exact) mass is 496 g/mol. The molecule has 0 saturated carbocycles. The van der Waals surface area contributed by atoms with Crippen molar-refractivity contribution >= 4 is 27.4 Å². The maximum Gasteiger partial charge on any atom is 0.417 e. The predicted molar refractivity (Wildman–Crippen MR) is 118 cm³/mol. The number of pyridine rings is 1. The highest BCUT2D eigenvalue weighted by atomic mass is 32.2. The fraction of sp³-hybridized carbons (Fsp3) is 0.182. The van der Waals surface area contributed by atoms with Crippen LogP contribution in [0.2, 0.25) is 0 Å². The van der Waals surface area contributed by atoms with E-state index in [0.29, 0.717) is 5.56 Å². The average molecular weight is 496 g/mol. The number of amides is 1. The minimum absolute atomic E-state index is 0.0452. The van der Waals surface area contributed by atoms with E-state index in [1.807, 2.05) is 0 Å². The lowest BCUT2D eigenvalue weighted by Crippen LogP contribution is -2.30. The van der Waals surface area contributed by atoms with E-state index >= 15 is 0 Å². The molecule has 1 amide bonds. The number of carbonyl (C=O) groups is 1. The molecule has 0 radical (unpaired) electrons. The van der Waals surface area contributed by atoms with Crippen LogP contribution >= 0.6 is 0 Å². The molecule has 1 aromatic heterocycles. The molecule has 7 nitrogen and oxygen atoms in total. The minimum atomic E-state index is -4.45. The molecule has 0 aliphatic heterocycles. The lowest BCUT2D eigenvalue weighted by Gasteiger charge is -2.10. The summed E-state index contributed by atoms with van der Waals surface area (Å²) in [6.45, 7) is 0.477. The lowest BCUT2D eigenvalue weighted by molar-refractivity contribution is -0.137. The van der Waals surface area contributed by atoms with E-state index in [1.165, 1.54) is 18.2 Å². The fourth-order valence-electron chi connectivity index (χ4n) is 2.82. The largest absolute Gasteiger partial charge is 0.417 e. The van der Waals surface area contributed by atoms with Crippen molar-refractivity contribution in [2.24, 2.45) is 0 Å². The zero-order valence-corrected chi connectivity index (χ0v) is 18.4. The van der Waals surface area contributed by atoms with Crippen LogP contribution in [0.25, 0.3) is 0 Å². The van der Waals surface area contributed by atoms with Crippen LogP contribution in [0.4, 0.5) is 29.1 Å². The highest BCUT2D eigenvalue weighted by Crippen LogP contribution is 2.28. The Morgan fingerprint density at radius 2 is 1.59 bits per heavy atom. The lowest BCUT2D eigenvalue weighted by atomic mass is 10.1. The summed E-state index contributed by atoms with van der Waals surface area (Å²) in [7, 11) is -3.88. The molecular weight excluding hydrogens is 476 g/mol. The average Bonchev–Trinajstić information content (AvgIpc) is 2.78. The first kappa shape index (κ1) is 25.0. The maximum absolute atomic E-state index is 13.0. The van der Waals surface area contributed by atoms with E-state index in [9.17, 15) is 30.8 Å². The van der Waals surface area contributed by atoms with Crippen LogP contribution in [0.3, 0.4) is 0 Å². The van der Waals surface area contributed by atoms with Gasteiger partial charge in [0.25, 0.3) is 10.0 Å². The van der Waals surface area contributed by atoms with E-state index in [2.05, 4.69) is 20.3 Å². The Bertz CT molecular complexity index is 1220. The van der Waals surface area contributed by atoms with Crippen LogP contribution in [0.15, 0.2) is 71.8 Å². The standard InChI is InChI=1S/C22H20F4N4O3S/c23-17-4-8-19(9-5-17)34(32,33)30-18-6-1-15(2-7-18)13-21(31)28-12-11-27-20-10-3-16(14-29-20)22(24,25)26/h1-10,14,30H,11-13H2,(H,27,29)(H,28,31). The van der Waals surface area contributed by atoms with Gasteiger partial charge in [-0.2, -0.15) is 13.2 Å². The molecule has 0 saturated heterocycles. The van der Waals surface area contributed by atoms with Gasteiger partial charge in [0.2, 0.25) is 5.91 Å². The van der Waals surface area contributed by atoms with Crippen molar-refractivity contribution in [3.63, 3.8) is 0 Å². The van der Waals surface area contributed by atoms with Crippen molar-refractivity contribution in [2.45, 2.75) is 17.5 Å². The van der Waals surface area contributed by atoms with Gasteiger partial charge in [0.15, 0.2) is 0 Å². The zero-order valence-electron chi connectivity index (χ0n) is 17.6. The van der Waals surface area contributed by atoms with Crippen LogP contribution in [0.5, 0.6) is 0 Å². The highest BCUT2D eigenvalue weighted by molar-refractivity contribution is 7.92. The number of rotatable bonds is 9. The molecule has 1 heterocycles. The summed E-state index contributed by atoms with van der Waals surface area (Å²) < 4.78 is 77.6. The van der Waals surface area contributed by atoms with Gasteiger partial charge in [-0.05, 0) is 54.1 Å². The molecule has 0 atom stereocenters. The predicted octanol–water partition coefficient (Wildman–Crippen LogP) is 3.81. The summed E-state index contributed by atoms with van der Waals surface area (Å²) >= 11 is 0. The normalized spacial score (nSPS) is 11.6. The van der Waals surface area contributed by atoms with Gasteiger partial charge in [-0.25, -0.2) is 17.8 Å². The van der Waals surface area contributed by atoms with Crippen LogP contribution in [-0.4, -0.2) is 32.4 Å². The third-order valence-electron chi connectivity index (χ3n) is 4.54. The Morgan fingerprint density at radius 3 is 2.18 bits per heavy atom. The van der Waals surface area contributed by atoms with Crippen LogP contribution in [0.1, 0.15) is 11.1 Å². The van der Waals surface area contributed by atoms with Gasteiger partial charge in [-0.3, -0.25) is 9.52 Å². The number of aromatic nitrogens is 1. The first-order chi connectivity index (χ1) is 16.0. The van der Waals surface area contributed by atoms with Crippen molar-refractivity contribution in [3.05, 3.63) is 83.8 Å². The van der Waals surface area contributed by atoms with Gasteiger partial charge in [0.1, 0.15) is 11.6 Å². The number of hydrogen-bond acceptors (Lipinski definition) is 5. The van der Waals surface area contributed by atoms with Crippen LogP contribution < -0.4 is 15.4 Å². The van der Waals surface area contributed by atoms with Gasteiger partial charge >= 0.3 is 6.18 Å². The van der Waals surface area contributed by atoms with Crippen molar-refractivity contribution in [1.82, 2.24) is 10.3 Å². The first-order valence-electron chi connectivity index (χ1n) is 9.94. The Kier molecular flexibility index (Phi) is 7.72. The van der Waals surface area contributed by atoms with E-state index in [4.69, 9.17) is 0 Å². The molecule has 3 rings (SSSR count). The molecule has 3 aromatic rings. The molecule has 2 aromatic carbocycles. The third-order valence-corrected chi connectivity index (χ3v) is 5.94. The Balaban J connectivity index is 1.43. The summed E-state index contributed by atoms with van der Waals surface area (Å²) in [5.74, 6) is -0.587. The minimum Gasteiger partial charge on any atom is -0.368 e. The number of sulfonamides is 1. The van der Waals surface area contributed by atoms with E-state index in [0.717, 1.165) is 36.5 Å². The first-order valence-corrected chi connectivity index (χ1v) is 11.4. The zero-order chi connectivity index (χ0) is 24.8. The molecule has 0 bridgehead atoms. The number of nitrogens with one attached hydrogen (secondary N) is 3. The number of benzene rings is 2. The maximum atomic E-state index is 13.0. The number of anilines is 2. The fourth-order valence-corrected chi connectivity index (χ4v) is 3.88. The summed E-state index contributed by atoms with van der Waals surface area (Å²) in [5, 5.41) is 5.47. The van der Waals surface area contributed by atoms with Gasteiger partial charge in [-0.1, -0.05) is 12.1 Å². The smallest absolute Gasteiger partial charge is 0.368 e. The van der Waals surface area contributed by atoms with Gasteiger partial charge < -0.3 is 10.6 Å². The quantitative estimate of drug-likeness (QED) is 0.309. The topological polar surface area (TPSA) is 100 Å². The van der Waals surface area contributed by atoms with Gasteiger partial charge in [0, 0.05) is 25.0 Å². The number of hydrogen-bond donors (Lipinski definition) is 3. The molecule has 180 valence electrons. The summed E-state index contributed by atoms with van der Waals surface area (Å²) in [5.41, 5.74) is 0.0712. The molecule has 0 aliphatic rings. The number of alkyl halides is 3. The molecule has 34 heavy (non-hydrogen) atoms. The van der Waals surface area contributed by atoms with Gasteiger partial charge in [-0.15, -0.1) is 0 Å². The third kappa shape index (κ3) is 7.17. The highest BCUT2D eigenvalue weighted by Gasteiger charge is 2.30. The Hall–Kier alpha value is -3.67. The van der Waals surface area contributed by atoms with E-state index in [1.54, 1.807) is 12.1 Å². The molecule has 0 fully saturated rings. The number of halogens is 4. The van der Waals surface area contributed by atoms with Crippen molar-refractivity contribution in [3.8, 4) is 0 Å². The summed E-state index contributed by atoms with van der Waals surface area (Å²) in [4.78, 5) is 15.7. The molecule has 12 heteroatoms. The van der Waals surface area contributed by atoms with Crippen LogP contribution in [0, 0.1) is 5.82 Å². The number of nitrogens with zero attached hydrogens (tertiary/aromatic N) is 1. The second kappa shape index (κ2) is 10.5. The van der Waals surface area contributed by atoms with E-state index in [-0.39, 0.29) is 41.8 Å². The summed E-state index contributed by atoms with van der Waals surface area (Å²) in [6, 6.07) is 12.7. The molecule has 0 aliphatic carbocycles. The molecule has 0 spiro atoms. The van der Waals surface area contributed by atoms with Crippen molar-refractivity contribution in [1.29, 1.82) is 0 Å². The van der Waals surface area contributed by atoms with Crippen molar-refractivity contribution in [2.75, 3.05) is 23.1 Å². The second-order valence-electron chi connectivity index (χ2n) is 7.14.